The Balaban J connectivity index is 1.47. The van der Waals surface area contributed by atoms with E-state index in [1.54, 1.807) is 23.9 Å². The quantitative estimate of drug-likeness (QED) is 0.392. The topological polar surface area (TPSA) is 92.5 Å². The van der Waals surface area contributed by atoms with E-state index in [0.717, 1.165) is 15.1 Å². The number of amides is 1. The second-order valence-electron chi connectivity index (χ2n) is 6.67. The van der Waals surface area contributed by atoms with Crippen LogP contribution in [0.2, 0.25) is 0 Å². The molecule has 0 aliphatic heterocycles. The Morgan fingerprint density at radius 1 is 1.19 bits per heavy atom. The van der Waals surface area contributed by atoms with E-state index in [1.807, 2.05) is 24.5 Å². The summed E-state index contributed by atoms with van der Waals surface area (Å²) in [7, 11) is -2.23. The number of hydrogen-bond donors (Lipinski definition) is 1. The third kappa shape index (κ3) is 4.67. The van der Waals surface area contributed by atoms with Crippen molar-refractivity contribution in [3.05, 3.63) is 72.2 Å². The first-order valence-electron chi connectivity index (χ1n) is 9.21. The average Bonchev–Trinajstić information content (AvgIpc) is 3.42. The monoisotopic (exact) mass is 473 g/mol. The number of carbonyl (C=O) groups excluding carboxylic acids is 1. The first kappa shape index (κ1) is 21.6. The van der Waals surface area contributed by atoms with Gasteiger partial charge in [-0.25, -0.2) is 13.4 Å². The molecule has 1 N–H and O–H groups in total. The third-order valence-electron chi connectivity index (χ3n) is 4.60. The zero-order valence-corrected chi connectivity index (χ0v) is 19.2. The Hall–Kier alpha value is -2.66. The Kier molecular flexibility index (Phi) is 6.15. The van der Waals surface area contributed by atoms with Gasteiger partial charge in [0.2, 0.25) is 10.0 Å². The van der Waals surface area contributed by atoms with Crippen LogP contribution in [-0.4, -0.2) is 36.9 Å². The van der Waals surface area contributed by atoms with Crippen molar-refractivity contribution in [3.63, 3.8) is 0 Å². The molecule has 0 unspecified atom stereocenters. The average molecular weight is 474 g/mol. The largest absolute Gasteiger partial charge is 0.468 e. The first-order chi connectivity index (χ1) is 14.9. The summed E-state index contributed by atoms with van der Waals surface area (Å²) in [5.41, 5.74) is 1.16. The number of thiazole rings is 1. The first-order valence-corrected chi connectivity index (χ1v) is 12.7. The highest BCUT2D eigenvalue weighted by molar-refractivity contribution is 7.98. The van der Waals surface area contributed by atoms with E-state index < -0.39 is 10.0 Å². The van der Waals surface area contributed by atoms with E-state index in [9.17, 15) is 13.2 Å². The molecule has 7 nitrogen and oxygen atoms in total. The molecular formula is C21H19N3O4S3. The number of rotatable bonds is 7. The van der Waals surface area contributed by atoms with Crippen molar-refractivity contribution >= 4 is 54.4 Å². The Bertz CT molecular complexity index is 1310. The number of nitrogens with zero attached hydrogens (tertiary/aromatic N) is 2. The number of fused-ring (bicyclic) bond motifs is 1. The molecule has 1 amide bonds. The molecule has 0 bridgehead atoms. The number of aromatic nitrogens is 1. The van der Waals surface area contributed by atoms with Crippen LogP contribution in [0.25, 0.3) is 10.2 Å². The summed E-state index contributed by atoms with van der Waals surface area (Å²) in [6.07, 6.45) is 3.50. The second kappa shape index (κ2) is 8.83. The fraction of sp³-hybridized carbons (Fsp3) is 0.143. The van der Waals surface area contributed by atoms with Gasteiger partial charge < -0.3 is 4.42 Å². The van der Waals surface area contributed by atoms with Gasteiger partial charge in [0.15, 0.2) is 5.13 Å². The summed E-state index contributed by atoms with van der Waals surface area (Å²) in [6.45, 7) is 0.118. The van der Waals surface area contributed by atoms with Gasteiger partial charge in [0.1, 0.15) is 5.76 Å². The minimum absolute atomic E-state index is 0.0997. The maximum atomic E-state index is 12.8. The number of benzene rings is 2. The van der Waals surface area contributed by atoms with Crippen LogP contribution in [-0.2, 0) is 16.6 Å². The molecule has 2 aromatic carbocycles. The fourth-order valence-corrected chi connectivity index (χ4v) is 5.47. The third-order valence-corrected chi connectivity index (χ3v) is 8.08. The molecule has 0 aliphatic rings. The number of thioether (sulfide) groups is 1. The lowest BCUT2D eigenvalue weighted by atomic mass is 10.2. The molecular weight excluding hydrogens is 454 g/mol. The number of sulfonamides is 1. The van der Waals surface area contributed by atoms with E-state index in [1.165, 1.54) is 53.2 Å². The number of nitrogens with one attached hydrogen (secondary N) is 1. The lowest BCUT2D eigenvalue weighted by Gasteiger charge is -2.16. The van der Waals surface area contributed by atoms with Gasteiger partial charge in [0, 0.05) is 17.5 Å². The minimum Gasteiger partial charge on any atom is -0.468 e. The van der Waals surface area contributed by atoms with Crippen molar-refractivity contribution in [1.82, 2.24) is 9.29 Å². The zero-order valence-electron chi connectivity index (χ0n) is 16.7. The molecule has 160 valence electrons. The normalized spacial score (nSPS) is 11.8. The Morgan fingerprint density at radius 2 is 1.97 bits per heavy atom. The predicted octanol–water partition coefficient (Wildman–Crippen LogP) is 4.68. The van der Waals surface area contributed by atoms with Crippen LogP contribution in [0.1, 0.15) is 16.1 Å². The van der Waals surface area contributed by atoms with Gasteiger partial charge in [0.05, 0.1) is 27.9 Å². The van der Waals surface area contributed by atoms with Crippen molar-refractivity contribution in [3.8, 4) is 0 Å². The molecule has 0 saturated carbocycles. The minimum atomic E-state index is -3.71. The van der Waals surface area contributed by atoms with Crippen molar-refractivity contribution in [1.29, 1.82) is 0 Å². The predicted molar refractivity (Wildman–Crippen MR) is 123 cm³/mol. The van der Waals surface area contributed by atoms with Crippen LogP contribution >= 0.6 is 23.1 Å². The van der Waals surface area contributed by atoms with Crippen LogP contribution < -0.4 is 5.32 Å². The van der Waals surface area contributed by atoms with E-state index in [2.05, 4.69) is 10.3 Å². The molecule has 0 fully saturated rings. The molecule has 4 rings (SSSR count). The maximum Gasteiger partial charge on any atom is 0.257 e. The molecule has 4 aromatic rings. The van der Waals surface area contributed by atoms with Crippen molar-refractivity contribution < 1.29 is 17.6 Å². The van der Waals surface area contributed by atoms with Gasteiger partial charge in [-0.15, -0.1) is 11.8 Å². The Labute approximate surface area is 188 Å². The molecule has 2 aromatic heterocycles. The number of carbonyl (C=O) groups is 1. The van der Waals surface area contributed by atoms with Crippen molar-refractivity contribution in [2.45, 2.75) is 16.3 Å². The summed E-state index contributed by atoms with van der Waals surface area (Å²) in [4.78, 5) is 18.3. The van der Waals surface area contributed by atoms with Crippen molar-refractivity contribution in [2.75, 3.05) is 18.6 Å². The lowest BCUT2D eigenvalue weighted by Crippen LogP contribution is -2.26. The zero-order chi connectivity index (χ0) is 22.0. The van der Waals surface area contributed by atoms with Gasteiger partial charge in [-0.1, -0.05) is 11.3 Å². The highest BCUT2D eigenvalue weighted by Crippen LogP contribution is 2.29. The fourth-order valence-electron chi connectivity index (χ4n) is 2.92. The van der Waals surface area contributed by atoms with Crippen LogP contribution in [0.5, 0.6) is 0 Å². The van der Waals surface area contributed by atoms with Gasteiger partial charge in [-0.3, -0.25) is 10.1 Å². The van der Waals surface area contributed by atoms with E-state index in [0.29, 0.717) is 16.5 Å². The van der Waals surface area contributed by atoms with Crippen LogP contribution in [0.3, 0.4) is 0 Å². The summed E-state index contributed by atoms with van der Waals surface area (Å²) >= 11 is 3.04. The highest BCUT2D eigenvalue weighted by atomic mass is 32.2. The molecule has 0 aliphatic carbocycles. The summed E-state index contributed by atoms with van der Waals surface area (Å²) < 4.78 is 32.9. The van der Waals surface area contributed by atoms with Gasteiger partial charge in [-0.2, -0.15) is 4.31 Å². The molecule has 0 saturated heterocycles. The van der Waals surface area contributed by atoms with Gasteiger partial charge >= 0.3 is 0 Å². The number of hydrogen-bond acceptors (Lipinski definition) is 7. The van der Waals surface area contributed by atoms with E-state index >= 15 is 0 Å². The van der Waals surface area contributed by atoms with E-state index in [-0.39, 0.29) is 17.3 Å². The molecule has 0 radical (unpaired) electrons. The Morgan fingerprint density at radius 3 is 2.65 bits per heavy atom. The maximum absolute atomic E-state index is 12.8. The standard InChI is InChI=1S/C21H19N3O4S3/c1-24(13-15-4-3-11-28-15)31(26,27)17-8-5-14(6-9-17)20(25)23-21-22-18-10-7-16(29-2)12-19(18)30-21/h3-12H,13H2,1-2H3,(H,22,23,25). The molecule has 2 heterocycles. The molecule has 31 heavy (non-hydrogen) atoms. The molecule has 10 heteroatoms. The number of anilines is 1. The lowest BCUT2D eigenvalue weighted by molar-refractivity contribution is 0.102. The smallest absolute Gasteiger partial charge is 0.257 e. The van der Waals surface area contributed by atoms with E-state index in [4.69, 9.17) is 4.42 Å². The summed E-state index contributed by atoms with van der Waals surface area (Å²) in [6, 6.07) is 15.2. The molecule has 0 atom stereocenters. The summed E-state index contributed by atoms with van der Waals surface area (Å²) in [5.74, 6) is 0.194. The van der Waals surface area contributed by atoms with Crippen LogP contribution in [0.15, 0.2) is 75.1 Å². The van der Waals surface area contributed by atoms with Crippen molar-refractivity contribution in [2.24, 2.45) is 0 Å². The highest BCUT2D eigenvalue weighted by Gasteiger charge is 2.22. The van der Waals surface area contributed by atoms with Crippen LogP contribution in [0, 0.1) is 0 Å². The van der Waals surface area contributed by atoms with Gasteiger partial charge in [-0.05, 0) is 60.9 Å². The summed E-state index contributed by atoms with van der Waals surface area (Å²) in [5, 5.41) is 3.28. The van der Waals surface area contributed by atoms with Crippen LogP contribution in [0.4, 0.5) is 5.13 Å². The van der Waals surface area contributed by atoms with Gasteiger partial charge in [0.25, 0.3) is 5.91 Å². The molecule has 0 spiro atoms. The number of furan rings is 1. The SMILES string of the molecule is CSc1ccc2nc(NC(=O)c3ccc(S(=O)(=O)N(C)Cc4ccco4)cc3)sc2c1. The second-order valence-corrected chi connectivity index (χ2v) is 10.6.